The molecule has 0 bridgehead atoms. The van der Waals surface area contributed by atoms with E-state index in [1.165, 1.54) is 48.5 Å². The van der Waals surface area contributed by atoms with Crippen molar-refractivity contribution in [2.75, 3.05) is 8.61 Å². The molecule has 0 N–H and O–H groups in total. The van der Waals surface area contributed by atoms with E-state index in [1.54, 1.807) is 72.8 Å². The zero-order chi connectivity index (χ0) is 33.2. The van der Waals surface area contributed by atoms with Crippen LogP contribution in [0.15, 0.2) is 131 Å². The molecule has 0 unspecified atom stereocenters. The molecule has 5 aromatic carbocycles. The fraction of sp³-hybridized carbons (Fsp3) is 0.111. The summed E-state index contributed by atoms with van der Waals surface area (Å²) in [4.78, 5) is 27.5. The van der Waals surface area contributed by atoms with E-state index in [4.69, 9.17) is 0 Å². The zero-order valence-electron chi connectivity index (χ0n) is 25.7. The minimum absolute atomic E-state index is 0.0367. The molecule has 2 amide bonds. The van der Waals surface area contributed by atoms with E-state index in [9.17, 15) is 26.4 Å². The van der Waals surface area contributed by atoms with Crippen molar-refractivity contribution in [2.24, 2.45) is 0 Å². The van der Waals surface area contributed by atoms with Crippen molar-refractivity contribution in [3.63, 3.8) is 0 Å². The lowest BCUT2D eigenvalue weighted by Gasteiger charge is -2.25. The molecular weight excluding hydrogens is 621 g/mol. The van der Waals surface area contributed by atoms with Crippen LogP contribution in [-0.4, -0.2) is 28.6 Å². The van der Waals surface area contributed by atoms with Gasteiger partial charge in [0.2, 0.25) is 0 Å². The third-order valence-electron chi connectivity index (χ3n) is 7.40. The molecule has 234 valence electrons. The molecule has 0 spiro atoms. The number of sulfonamides is 2. The van der Waals surface area contributed by atoms with Crippen LogP contribution in [0.1, 0.15) is 43.0 Å². The van der Waals surface area contributed by atoms with E-state index in [0.717, 1.165) is 22.3 Å². The average Bonchev–Trinajstić information content (AvgIpc) is 3.03. The Hall–Kier alpha value is -5.06. The number of rotatable bonds is 8. The van der Waals surface area contributed by atoms with Crippen molar-refractivity contribution in [1.29, 1.82) is 0 Å². The summed E-state index contributed by atoms with van der Waals surface area (Å²) in [6.45, 7) is 7.33. The van der Waals surface area contributed by atoms with Gasteiger partial charge in [0.05, 0.1) is 21.2 Å². The van der Waals surface area contributed by atoms with E-state index in [0.29, 0.717) is 8.61 Å². The molecule has 0 aliphatic rings. The van der Waals surface area contributed by atoms with Gasteiger partial charge in [0.25, 0.3) is 31.9 Å². The Bertz CT molecular complexity index is 1950. The van der Waals surface area contributed by atoms with Crippen molar-refractivity contribution >= 4 is 43.2 Å². The number of aryl methyl sites for hydroxylation is 4. The molecule has 10 heteroatoms. The van der Waals surface area contributed by atoms with Gasteiger partial charge in [0.1, 0.15) is 0 Å². The summed E-state index contributed by atoms with van der Waals surface area (Å²) in [6, 6.07) is 30.5. The van der Waals surface area contributed by atoms with E-state index in [-0.39, 0.29) is 32.3 Å². The second kappa shape index (κ2) is 12.7. The van der Waals surface area contributed by atoms with Crippen LogP contribution in [0.2, 0.25) is 0 Å². The van der Waals surface area contributed by atoms with Crippen LogP contribution in [-0.2, 0) is 20.0 Å². The second-order valence-corrected chi connectivity index (χ2v) is 14.6. The fourth-order valence-electron chi connectivity index (χ4n) is 4.71. The lowest BCUT2D eigenvalue weighted by atomic mass is 10.1. The molecule has 0 atom stereocenters. The van der Waals surface area contributed by atoms with Gasteiger partial charge in [-0.2, -0.15) is 8.61 Å². The summed E-state index contributed by atoms with van der Waals surface area (Å²) in [5, 5.41) is 0. The highest BCUT2D eigenvalue weighted by Crippen LogP contribution is 2.32. The van der Waals surface area contributed by atoms with Crippen molar-refractivity contribution in [1.82, 2.24) is 0 Å². The number of carbonyl (C=O) groups excluding carboxylic acids is 2. The average molecular weight is 653 g/mol. The molecule has 0 aliphatic heterocycles. The Labute approximate surface area is 269 Å². The first-order valence-corrected chi connectivity index (χ1v) is 17.2. The SMILES string of the molecule is Cc1ccc(C(=O)N(c2ccc(N(C(=O)c3ccc(C)cc3)S(=O)(=O)c3ccc(C)cc3)cc2)S(=O)(=O)c2ccc(C)cc2)cc1. The quantitative estimate of drug-likeness (QED) is 0.179. The second-order valence-electron chi connectivity index (χ2n) is 11.0. The molecule has 5 rings (SSSR count). The Morgan fingerprint density at radius 3 is 0.891 bits per heavy atom. The maximum atomic E-state index is 14.0. The first kappa shape index (κ1) is 32.3. The van der Waals surface area contributed by atoms with Gasteiger partial charge >= 0.3 is 0 Å². The maximum absolute atomic E-state index is 14.0. The molecule has 0 saturated heterocycles. The molecular formula is C36H32N2O6S2. The van der Waals surface area contributed by atoms with E-state index in [1.807, 2.05) is 27.7 Å². The summed E-state index contributed by atoms with van der Waals surface area (Å²) in [5.41, 5.74) is 3.67. The summed E-state index contributed by atoms with van der Waals surface area (Å²) < 4.78 is 57.3. The van der Waals surface area contributed by atoms with Crippen molar-refractivity contribution in [3.8, 4) is 0 Å². The van der Waals surface area contributed by atoms with Crippen LogP contribution in [0.3, 0.4) is 0 Å². The summed E-state index contributed by atoms with van der Waals surface area (Å²) in [5.74, 6) is -1.60. The Morgan fingerprint density at radius 2 is 0.630 bits per heavy atom. The lowest BCUT2D eigenvalue weighted by Crippen LogP contribution is -2.38. The van der Waals surface area contributed by atoms with E-state index >= 15 is 0 Å². The van der Waals surface area contributed by atoms with Gasteiger partial charge in [-0.25, -0.2) is 16.8 Å². The van der Waals surface area contributed by atoms with Gasteiger partial charge in [-0.05, 0) is 100 Å². The normalized spacial score (nSPS) is 11.6. The Balaban J connectivity index is 1.64. The molecule has 0 saturated carbocycles. The number of nitrogens with zero attached hydrogens (tertiary/aromatic N) is 2. The number of benzene rings is 5. The van der Waals surface area contributed by atoms with Crippen molar-refractivity contribution < 1.29 is 26.4 Å². The van der Waals surface area contributed by atoms with Crippen LogP contribution in [0, 0.1) is 27.7 Å². The lowest BCUT2D eigenvalue weighted by molar-refractivity contribution is 0.0996. The molecule has 8 nitrogen and oxygen atoms in total. The monoisotopic (exact) mass is 652 g/mol. The fourth-order valence-corrected chi connectivity index (χ4v) is 7.54. The van der Waals surface area contributed by atoms with Crippen LogP contribution < -0.4 is 8.61 Å². The molecule has 0 aromatic heterocycles. The van der Waals surface area contributed by atoms with Gasteiger partial charge in [-0.3, -0.25) is 9.59 Å². The van der Waals surface area contributed by atoms with Crippen LogP contribution in [0.5, 0.6) is 0 Å². The smallest absolute Gasteiger partial charge is 0.268 e. The number of carbonyl (C=O) groups is 2. The summed E-state index contributed by atoms with van der Waals surface area (Å²) in [7, 11) is -8.83. The van der Waals surface area contributed by atoms with Gasteiger partial charge in [0, 0.05) is 11.1 Å². The predicted molar refractivity (Wildman–Crippen MR) is 179 cm³/mol. The topological polar surface area (TPSA) is 109 Å². The highest BCUT2D eigenvalue weighted by molar-refractivity contribution is 7.94. The molecule has 0 radical (unpaired) electrons. The van der Waals surface area contributed by atoms with Crippen LogP contribution >= 0.6 is 0 Å². The third-order valence-corrected chi connectivity index (χ3v) is 10.9. The Kier molecular flexibility index (Phi) is 8.96. The zero-order valence-corrected chi connectivity index (χ0v) is 27.3. The van der Waals surface area contributed by atoms with Gasteiger partial charge < -0.3 is 0 Å². The first-order valence-electron chi connectivity index (χ1n) is 14.3. The highest BCUT2D eigenvalue weighted by atomic mass is 32.2. The molecule has 0 fully saturated rings. The van der Waals surface area contributed by atoms with E-state index in [2.05, 4.69) is 0 Å². The minimum atomic E-state index is -4.42. The maximum Gasteiger partial charge on any atom is 0.272 e. The van der Waals surface area contributed by atoms with Crippen LogP contribution in [0.25, 0.3) is 0 Å². The predicted octanol–water partition coefficient (Wildman–Crippen LogP) is 6.99. The van der Waals surface area contributed by atoms with Gasteiger partial charge in [-0.15, -0.1) is 0 Å². The minimum Gasteiger partial charge on any atom is -0.268 e. The molecule has 5 aromatic rings. The largest absolute Gasteiger partial charge is 0.272 e. The number of hydrogen-bond acceptors (Lipinski definition) is 6. The van der Waals surface area contributed by atoms with Crippen LogP contribution in [0.4, 0.5) is 11.4 Å². The van der Waals surface area contributed by atoms with Gasteiger partial charge in [-0.1, -0.05) is 70.8 Å². The first-order chi connectivity index (χ1) is 21.8. The van der Waals surface area contributed by atoms with Crippen molar-refractivity contribution in [3.05, 3.63) is 155 Å². The highest BCUT2D eigenvalue weighted by Gasteiger charge is 2.34. The molecule has 0 heterocycles. The van der Waals surface area contributed by atoms with E-state index < -0.39 is 31.9 Å². The number of anilines is 2. The molecule has 46 heavy (non-hydrogen) atoms. The van der Waals surface area contributed by atoms with Crippen molar-refractivity contribution in [2.45, 2.75) is 37.5 Å². The number of hydrogen-bond donors (Lipinski definition) is 0. The number of amides is 2. The summed E-state index contributed by atoms with van der Waals surface area (Å²) in [6.07, 6.45) is 0. The summed E-state index contributed by atoms with van der Waals surface area (Å²) >= 11 is 0. The molecule has 0 aliphatic carbocycles. The third kappa shape index (κ3) is 6.49. The Morgan fingerprint density at radius 1 is 0.391 bits per heavy atom. The van der Waals surface area contributed by atoms with Gasteiger partial charge in [0.15, 0.2) is 0 Å². The standard InChI is InChI=1S/C36H32N2O6S2/c1-25-5-13-29(14-6-25)35(39)37(45(41,42)33-21-9-27(3)10-22-33)31-17-19-32(20-18-31)38(36(40)30-15-7-26(2)8-16-30)46(43,44)34-23-11-28(4)12-24-34/h5-24H,1-4H3.